The Balaban J connectivity index is 1.32. The average Bonchev–Trinajstić information content (AvgIpc) is 3.49. The third-order valence-electron chi connectivity index (χ3n) is 9.68. The Labute approximate surface area is 196 Å². The van der Waals surface area contributed by atoms with Crippen molar-refractivity contribution in [3.05, 3.63) is 57.9 Å². The van der Waals surface area contributed by atoms with Gasteiger partial charge in [0.25, 0.3) is 5.56 Å². The van der Waals surface area contributed by atoms with Gasteiger partial charge in [-0.3, -0.25) is 14.8 Å². The molecule has 0 amide bonds. The lowest BCUT2D eigenvalue weighted by molar-refractivity contribution is -0.196. The fraction of sp³-hybridized carbons (Fsp3) is 0.519. The van der Waals surface area contributed by atoms with Crippen molar-refractivity contribution in [2.24, 2.45) is 5.92 Å². The molecule has 0 unspecified atom stereocenters. The summed E-state index contributed by atoms with van der Waals surface area (Å²) in [5.41, 5.74) is 1.36. The molecule has 8 rings (SSSR count). The highest BCUT2D eigenvalue weighted by molar-refractivity contribution is 5.77. The summed E-state index contributed by atoms with van der Waals surface area (Å²) in [5.74, 6) is 1.41. The van der Waals surface area contributed by atoms with Gasteiger partial charge in [-0.2, -0.15) is 0 Å². The minimum Gasteiger partial charge on any atom is -0.504 e. The minimum atomic E-state index is -0.941. The Morgan fingerprint density at radius 1 is 1.12 bits per heavy atom. The van der Waals surface area contributed by atoms with Crippen molar-refractivity contribution in [3.63, 3.8) is 0 Å². The number of H-pyrrole nitrogens is 1. The van der Waals surface area contributed by atoms with Crippen LogP contribution < -0.4 is 10.3 Å². The lowest BCUT2D eigenvalue weighted by atomic mass is 9.48. The predicted octanol–water partition coefficient (Wildman–Crippen LogP) is 2.84. The van der Waals surface area contributed by atoms with E-state index in [4.69, 9.17) is 4.74 Å². The van der Waals surface area contributed by atoms with Crippen molar-refractivity contribution in [2.45, 2.75) is 67.7 Å². The Morgan fingerprint density at radius 3 is 2.79 bits per heavy atom. The number of benzene rings is 2. The lowest BCUT2D eigenvalue weighted by Crippen LogP contribution is -2.76. The van der Waals surface area contributed by atoms with Crippen LogP contribution >= 0.6 is 0 Å². The molecule has 34 heavy (non-hydrogen) atoms. The van der Waals surface area contributed by atoms with E-state index in [1.807, 2.05) is 30.3 Å². The Bertz CT molecular complexity index is 1410. The molecule has 3 heterocycles. The van der Waals surface area contributed by atoms with Gasteiger partial charge in [-0.15, -0.1) is 0 Å². The van der Waals surface area contributed by atoms with E-state index in [2.05, 4.69) is 10.00 Å². The molecule has 3 N–H and O–H groups in total. The SMILES string of the molecule is O=c1c2ccccc2[nH]n1[C@@H]1CC[C@@]2(O)[C@@H]3Cc4ccc(O)c5c4[C@@]2(CCN3CC2CC2)[C@H]1O5. The second kappa shape index (κ2) is 6.26. The van der Waals surface area contributed by atoms with Gasteiger partial charge in [0.1, 0.15) is 6.10 Å². The molecular formula is C27H29N3O4. The number of fused-ring (bicyclic) bond motifs is 1. The number of piperidine rings is 1. The maximum atomic E-state index is 13.4. The van der Waals surface area contributed by atoms with Crippen LogP contribution in [0, 0.1) is 5.92 Å². The highest BCUT2D eigenvalue weighted by Crippen LogP contribution is 2.67. The van der Waals surface area contributed by atoms with E-state index < -0.39 is 17.1 Å². The molecule has 3 aromatic rings. The number of aromatic hydroxyl groups is 1. The summed E-state index contributed by atoms with van der Waals surface area (Å²) in [6.45, 7) is 1.96. The molecule has 2 aromatic carbocycles. The van der Waals surface area contributed by atoms with Gasteiger partial charge in [-0.05, 0) is 74.8 Å². The number of aliphatic hydroxyl groups is 1. The molecular weight excluding hydrogens is 430 g/mol. The van der Waals surface area contributed by atoms with Gasteiger partial charge in [0.05, 0.1) is 28.0 Å². The maximum absolute atomic E-state index is 13.4. The summed E-state index contributed by atoms with van der Waals surface area (Å²) in [5, 5.41) is 27.4. The fourth-order valence-corrected chi connectivity index (χ4v) is 8.03. The van der Waals surface area contributed by atoms with Gasteiger partial charge in [0.2, 0.25) is 0 Å². The van der Waals surface area contributed by atoms with Gasteiger partial charge < -0.3 is 14.9 Å². The topological polar surface area (TPSA) is 90.7 Å². The van der Waals surface area contributed by atoms with Crippen LogP contribution in [0.2, 0.25) is 0 Å². The fourth-order valence-electron chi connectivity index (χ4n) is 8.03. The highest BCUT2D eigenvalue weighted by atomic mass is 16.5. The molecule has 7 heteroatoms. The van der Waals surface area contributed by atoms with Crippen LogP contribution in [-0.2, 0) is 11.8 Å². The van der Waals surface area contributed by atoms with E-state index in [1.165, 1.54) is 18.4 Å². The molecule has 3 aliphatic carbocycles. The summed E-state index contributed by atoms with van der Waals surface area (Å²) in [7, 11) is 0. The number of aromatic amines is 1. The van der Waals surface area contributed by atoms with Crippen molar-refractivity contribution in [2.75, 3.05) is 13.1 Å². The first-order chi connectivity index (χ1) is 16.5. The zero-order chi connectivity index (χ0) is 22.8. The molecule has 7 nitrogen and oxygen atoms in total. The van der Waals surface area contributed by atoms with E-state index in [1.54, 1.807) is 10.7 Å². The number of hydrogen-bond donors (Lipinski definition) is 3. The molecule has 2 saturated carbocycles. The van der Waals surface area contributed by atoms with Gasteiger partial charge in [-0.25, -0.2) is 4.68 Å². The normalized spacial score (nSPS) is 35.9. The van der Waals surface area contributed by atoms with Gasteiger partial charge in [0.15, 0.2) is 11.5 Å². The lowest BCUT2D eigenvalue weighted by Gasteiger charge is -2.64. The number of aromatic nitrogens is 2. The molecule has 3 fully saturated rings. The number of rotatable bonds is 3. The number of phenols is 1. The van der Waals surface area contributed by atoms with Crippen LogP contribution in [0.5, 0.6) is 11.5 Å². The number of likely N-dealkylation sites (tertiary alicyclic amines) is 1. The van der Waals surface area contributed by atoms with Crippen molar-refractivity contribution >= 4 is 10.9 Å². The monoisotopic (exact) mass is 459 g/mol. The van der Waals surface area contributed by atoms with Crippen LogP contribution in [0.25, 0.3) is 10.9 Å². The first kappa shape index (κ1) is 19.5. The smallest absolute Gasteiger partial charge is 0.274 e. The van der Waals surface area contributed by atoms with Crippen molar-refractivity contribution in [1.82, 2.24) is 14.7 Å². The van der Waals surface area contributed by atoms with Gasteiger partial charge in [0, 0.05) is 18.2 Å². The van der Waals surface area contributed by atoms with Crippen LogP contribution in [0.4, 0.5) is 0 Å². The summed E-state index contributed by atoms with van der Waals surface area (Å²) in [4.78, 5) is 15.9. The third-order valence-corrected chi connectivity index (χ3v) is 9.68. The number of hydrogen-bond acceptors (Lipinski definition) is 5. The van der Waals surface area contributed by atoms with Crippen molar-refractivity contribution < 1.29 is 14.9 Å². The average molecular weight is 460 g/mol. The first-order valence-electron chi connectivity index (χ1n) is 12.7. The minimum absolute atomic E-state index is 0.0383. The van der Waals surface area contributed by atoms with Crippen molar-refractivity contribution in [1.29, 1.82) is 0 Å². The van der Waals surface area contributed by atoms with Crippen LogP contribution in [-0.4, -0.2) is 55.7 Å². The van der Waals surface area contributed by atoms with Gasteiger partial charge in [-0.1, -0.05) is 18.2 Å². The Hall–Kier alpha value is -2.77. The molecule has 0 radical (unpaired) electrons. The standard InChI is InChI=1S/C27H29N3O4/c31-20-8-7-16-13-21-27(33)10-9-19(30-25(32)17-3-1-2-4-18(17)28-30)24-26(27,22(16)23(20)34-24)11-12-29(21)14-15-5-6-15/h1-4,7-8,15,19,21,24,28,31,33H,5-6,9-14H2/t19-,21+,24+,26+,27-/m1/s1. The second-order valence-corrected chi connectivity index (χ2v) is 11.2. The molecule has 5 atom stereocenters. The quantitative estimate of drug-likeness (QED) is 0.560. The molecule has 1 aromatic heterocycles. The molecule has 1 spiro atoms. The summed E-state index contributed by atoms with van der Waals surface area (Å²) in [6.07, 6.45) is 4.97. The van der Waals surface area contributed by atoms with Crippen LogP contribution in [0.1, 0.15) is 49.3 Å². The Kier molecular flexibility index (Phi) is 3.60. The molecule has 176 valence electrons. The van der Waals surface area contributed by atoms with E-state index in [9.17, 15) is 15.0 Å². The largest absolute Gasteiger partial charge is 0.504 e. The first-order valence-corrected chi connectivity index (χ1v) is 12.7. The summed E-state index contributed by atoms with van der Waals surface area (Å²) < 4.78 is 8.34. The molecule has 5 aliphatic rings. The van der Waals surface area contributed by atoms with Crippen LogP contribution in [0.15, 0.2) is 41.2 Å². The van der Waals surface area contributed by atoms with Crippen LogP contribution in [0.3, 0.4) is 0 Å². The number of para-hydroxylation sites is 1. The number of ether oxygens (including phenoxy) is 1. The molecule has 2 aliphatic heterocycles. The highest BCUT2D eigenvalue weighted by Gasteiger charge is 2.73. The summed E-state index contributed by atoms with van der Waals surface area (Å²) >= 11 is 0. The maximum Gasteiger partial charge on any atom is 0.274 e. The van der Waals surface area contributed by atoms with E-state index in [0.717, 1.165) is 42.9 Å². The van der Waals surface area contributed by atoms with Crippen molar-refractivity contribution in [3.8, 4) is 11.5 Å². The molecule has 1 saturated heterocycles. The molecule has 2 bridgehead atoms. The number of phenolic OH excluding ortho intramolecular Hbond substituents is 1. The second-order valence-electron chi connectivity index (χ2n) is 11.2. The summed E-state index contributed by atoms with van der Waals surface area (Å²) in [6, 6.07) is 11.1. The van der Waals surface area contributed by atoms with E-state index in [0.29, 0.717) is 24.0 Å². The Morgan fingerprint density at radius 2 is 1.97 bits per heavy atom. The zero-order valence-electron chi connectivity index (χ0n) is 19.0. The number of nitrogens with zero attached hydrogens (tertiary/aromatic N) is 2. The van der Waals surface area contributed by atoms with E-state index in [-0.39, 0.29) is 23.4 Å². The predicted molar refractivity (Wildman–Crippen MR) is 126 cm³/mol. The third kappa shape index (κ3) is 2.19. The van der Waals surface area contributed by atoms with Gasteiger partial charge >= 0.3 is 0 Å². The number of nitrogens with one attached hydrogen (secondary N) is 1. The van der Waals surface area contributed by atoms with E-state index >= 15 is 0 Å². The zero-order valence-corrected chi connectivity index (χ0v) is 19.0.